The maximum atomic E-state index is 5.36. The number of fused-ring (bicyclic) bond motifs is 10. The quantitative estimate of drug-likeness (QED) is 0.178. The van der Waals surface area contributed by atoms with Gasteiger partial charge in [-0.25, -0.2) is 4.98 Å². The van der Waals surface area contributed by atoms with E-state index >= 15 is 0 Å². The van der Waals surface area contributed by atoms with E-state index in [0.717, 1.165) is 27.8 Å². The van der Waals surface area contributed by atoms with E-state index in [1.54, 1.807) is 0 Å². The largest absolute Gasteiger partial charge is 0.309 e. The average Bonchev–Trinajstić information content (AvgIpc) is 3.91. The van der Waals surface area contributed by atoms with Crippen LogP contribution in [-0.2, 0) is 0 Å². The second-order valence-corrected chi connectivity index (χ2v) is 15.4. The summed E-state index contributed by atoms with van der Waals surface area (Å²) < 4.78 is 7.34. The Kier molecular flexibility index (Phi) is 6.50. The predicted molar refractivity (Wildman–Crippen MR) is 234 cm³/mol. The van der Waals surface area contributed by atoms with Gasteiger partial charge in [-0.1, -0.05) is 121 Å². The lowest BCUT2D eigenvalue weighted by Crippen LogP contribution is -1.99. The molecule has 12 aromatic rings. The molecule has 0 atom stereocenters. The molecular formula is C51H31N3S. The maximum absolute atomic E-state index is 5.36. The van der Waals surface area contributed by atoms with E-state index in [2.05, 4.69) is 197 Å². The van der Waals surface area contributed by atoms with Crippen LogP contribution >= 0.6 is 11.3 Å². The minimum Gasteiger partial charge on any atom is -0.309 e. The number of para-hydroxylation sites is 4. The zero-order chi connectivity index (χ0) is 36.0. The molecule has 0 N–H and O–H groups in total. The molecule has 0 amide bonds. The second kappa shape index (κ2) is 11.7. The van der Waals surface area contributed by atoms with Gasteiger partial charge in [0.1, 0.15) is 5.82 Å². The Morgan fingerprint density at radius 2 is 0.927 bits per heavy atom. The van der Waals surface area contributed by atoms with E-state index in [1.165, 1.54) is 80.7 Å². The molecule has 8 aromatic carbocycles. The van der Waals surface area contributed by atoms with Crippen LogP contribution in [0.4, 0.5) is 0 Å². The van der Waals surface area contributed by atoms with Crippen molar-refractivity contribution in [1.29, 1.82) is 0 Å². The van der Waals surface area contributed by atoms with Crippen molar-refractivity contribution in [1.82, 2.24) is 14.1 Å². The third kappa shape index (κ3) is 4.52. The smallest absolute Gasteiger partial charge is 0.138 e. The number of benzene rings is 8. The van der Waals surface area contributed by atoms with Crippen LogP contribution in [-0.4, -0.2) is 14.1 Å². The van der Waals surface area contributed by atoms with Gasteiger partial charge in [-0.3, -0.25) is 4.57 Å². The summed E-state index contributed by atoms with van der Waals surface area (Å²) in [6, 6.07) is 68.3. The Labute approximate surface area is 320 Å². The lowest BCUT2D eigenvalue weighted by molar-refractivity contribution is 1.10. The van der Waals surface area contributed by atoms with Crippen molar-refractivity contribution in [3.63, 3.8) is 0 Å². The highest BCUT2D eigenvalue weighted by atomic mass is 32.1. The first-order chi connectivity index (χ1) is 27.3. The summed E-state index contributed by atoms with van der Waals surface area (Å²) in [5.74, 6) is 0.918. The Morgan fingerprint density at radius 1 is 0.364 bits per heavy atom. The number of pyridine rings is 1. The molecule has 0 fully saturated rings. The Morgan fingerprint density at radius 3 is 1.67 bits per heavy atom. The van der Waals surface area contributed by atoms with Gasteiger partial charge in [-0.05, 0) is 83.4 Å². The standard InChI is InChI=1S/C51H31N3S/c1-2-13-34(14-3-1)53-45-22-9-5-16-36(45)42-29-32(25-27-47(42)53)33-26-28-48-43(30-33)37-17-6-10-23-46(37)54(48)50-31-41(35-15-4-8-21-44(35)52-50)40-20-12-19-39-38-18-7-11-24-49(38)55-51(39)40/h1-31H. The van der Waals surface area contributed by atoms with E-state index in [9.17, 15) is 0 Å². The lowest BCUT2D eigenvalue weighted by Gasteiger charge is -2.14. The molecule has 0 aliphatic rings. The highest BCUT2D eigenvalue weighted by Gasteiger charge is 2.19. The van der Waals surface area contributed by atoms with E-state index in [-0.39, 0.29) is 0 Å². The van der Waals surface area contributed by atoms with Crippen LogP contribution in [0.1, 0.15) is 0 Å². The molecule has 256 valence electrons. The first-order valence-electron chi connectivity index (χ1n) is 18.7. The fraction of sp³-hybridized carbons (Fsp3) is 0. The van der Waals surface area contributed by atoms with Crippen LogP contribution in [0, 0.1) is 0 Å². The van der Waals surface area contributed by atoms with Crippen LogP contribution in [0.2, 0.25) is 0 Å². The third-order valence-corrected chi connectivity index (χ3v) is 12.5. The molecule has 4 heteroatoms. The number of thiophene rings is 1. The highest BCUT2D eigenvalue weighted by Crippen LogP contribution is 2.43. The monoisotopic (exact) mass is 717 g/mol. The second-order valence-electron chi connectivity index (χ2n) is 14.3. The van der Waals surface area contributed by atoms with Crippen LogP contribution in [0.15, 0.2) is 188 Å². The Bertz CT molecular complexity index is 3490. The third-order valence-electron chi connectivity index (χ3n) is 11.3. The van der Waals surface area contributed by atoms with Gasteiger partial charge in [-0.15, -0.1) is 11.3 Å². The number of hydrogen-bond donors (Lipinski definition) is 0. The van der Waals surface area contributed by atoms with Gasteiger partial charge >= 0.3 is 0 Å². The minimum absolute atomic E-state index is 0.918. The van der Waals surface area contributed by atoms with E-state index in [4.69, 9.17) is 4.98 Å². The van der Waals surface area contributed by atoms with Crippen molar-refractivity contribution in [2.75, 3.05) is 0 Å². The van der Waals surface area contributed by atoms with Gasteiger partial charge in [0, 0.05) is 58.4 Å². The molecule has 4 aromatic heterocycles. The normalized spacial score (nSPS) is 12.0. The fourth-order valence-corrected chi connectivity index (χ4v) is 10.1. The van der Waals surface area contributed by atoms with Gasteiger partial charge in [0.2, 0.25) is 0 Å². The maximum Gasteiger partial charge on any atom is 0.138 e. The van der Waals surface area contributed by atoms with E-state index < -0.39 is 0 Å². The van der Waals surface area contributed by atoms with Gasteiger partial charge < -0.3 is 4.57 Å². The first-order valence-corrected chi connectivity index (χ1v) is 19.5. The lowest BCUT2D eigenvalue weighted by atomic mass is 9.99. The molecule has 55 heavy (non-hydrogen) atoms. The van der Waals surface area contributed by atoms with Crippen molar-refractivity contribution in [3.05, 3.63) is 188 Å². The summed E-state index contributed by atoms with van der Waals surface area (Å²) in [6.45, 7) is 0. The van der Waals surface area contributed by atoms with Crippen molar-refractivity contribution >= 4 is 86.0 Å². The summed E-state index contributed by atoms with van der Waals surface area (Å²) in [5, 5.41) is 8.69. The zero-order valence-corrected chi connectivity index (χ0v) is 30.5. The average molecular weight is 718 g/mol. The summed E-state index contributed by atoms with van der Waals surface area (Å²) >= 11 is 1.87. The molecule has 0 saturated heterocycles. The highest BCUT2D eigenvalue weighted by molar-refractivity contribution is 7.26. The molecule has 0 aliphatic carbocycles. The van der Waals surface area contributed by atoms with Crippen LogP contribution in [0.5, 0.6) is 0 Å². The predicted octanol–water partition coefficient (Wildman–Crippen LogP) is 14.1. The first kappa shape index (κ1) is 30.5. The van der Waals surface area contributed by atoms with Crippen LogP contribution in [0.25, 0.3) is 108 Å². The molecule has 0 bridgehead atoms. The molecule has 12 rings (SSSR count). The van der Waals surface area contributed by atoms with Gasteiger partial charge in [-0.2, -0.15) is 0 Å². The number of hydrogen-bond acceptors (Lipinski definition) is 2. The SMILES string of the molecule is c1ccc(-n2c3ccccc3c3cc(-c4ccc5c(c4)c4ccccc4n5-c4cc(-c5cccc6c5sc5ccccc56)c5ccccc5n4)ccc32)cc1. The molecule has 4 heterocycles. The Balaban J connectivity index is 1.06. The summed E-state index contributed by atoms with van der Waals surface area (Å²) in [4.78, 5) is 5.36. The van der Waals surface area contributed by atoms with Gasteiger partial charge in [0.05, 0.1) is 27.6 Å². The van der Waals surface area contributed by atoms with E-state index in [0.29, 0.717) is 0 Å². The molecule has 3 nitrogen and oxygen atoms in total. The summed E-state index contributed by atoms with van der Waals surface area (Å²) in [7, 11) is 0. The summed E-state index contributed by atoms with van der Waals surface area (Å²) in [6.07, 6.45) is 0. The Hall–Kier alpha value is -7.01. The number of aromatic nitrogens is 3. The van der Waals surface area contributed by atoms with Crippen LogP contribution in [0.3, 0.4) is 0 Å². The van der Waals surface area contributed by atoms with Crippen molar-refractivity contribution in [2.24, 2.45) is 0 Å². The van der Waals surface area contributed by atoms with Gasteiger partial charge in [0.25, 0.3) is 0 Å². The topological polar surface area (TPSA) is 22.8 Å². The molecule has 0 radical (unpaired) electrons. The molecular weight excluding hydrogens is 687 g/mol. The van der Waals surface area contributed by atoms with Gasteiger partial charge in [0.15, 0.2) is 0 Å². The van der Waals surface area contributed by atoms with Crippen molar-refractivity contribution in [3.8, 4) is 33.8 Å². The minimum atomic E-state index is 0.918. The zero-order valence-electron chi connectivity index (χ0n) is 29.6. The van der Waals surface area contributed by atoms with Crippen molar-refractivity contribution in [2.45, 2.75) is 0 Å². The van der Waals surface area contributed by atoms with Crippen molar-refractivity contribution < 1.29 is 0 Å². The van der Waals surface area contributed by atoms with E-state index in [1.807, 2.05) is 11.3 Å². The molecule has 0 unspecified atom stereocenters. The molecule has 0 saturated carbocycles. The number of rotatable bonds is 4. The van der Waals surface area contributed by atoms with Crippen LogP contribution < -0.4 is 0 Å². The molecule has 0 spiro atoms. The fourth-order valence-electron chi connectivity index (χ4n) is 8.87. The molecule has 0 aliphatic heterocycles. The number of nitrogens with zero attached hydrogens (tertiary/aromatic N) is 3. The summed E-state index contributed by atoms with van der Waals surface area (Å²) in [5.41, 5.74) is 11.7.